The van der Waals surface area contributed by atoms with Crippen LogP contribution in [0.4, 0.5) is 0 Å². The largest absolute Gasteiger partial charge is 0.465 e. The van der Waals surface area contributed by atoms with E-state index in [1.807, 2.05) is 6.07 Å². The molecule has 3 aromatic rings. The second kappa shape index (κ2) is 11.5. The Hall–Kier alpha value is -3.44. The lowest BCUT2D eigenvalue weighted by Crippen LogP contribution is -2.45. The molecule has 0 fully saturated rings. The molecule has 1 aliphatic heterocycles. The van der Waals surface area contributed by atoms with Crippen LogP contribution in [0, 0.1) is 0 Å². The molecule has 12 heteroatoms. The zero-order chi connectivity index (χ0) is 27.3. The lowest BCUT2D eigenvalue weighted by molar-refractivity contribution is -0.141. The monoisotopic (exact) mass is 574 g/mol. The Morgan fingerprint density at radius 1 is 1.05 bits per heavy atom. The molecule has 1 aliphatic rings. The Balaban J connectivity index is 1.78. The molecule has 2 N–H and O–H groups in total. The second-order valence-electron chi connectivity index (χ2n) is 8.24. The van der Waals surface area contributed by atoms with Crippen LogP contribution < -0.4 is 4.72 Å². The average molecular weight is 575 g/mol. The lowest BCUT2D eigenvalue weighted by atomic mass is 9.86. The zero-order valence-electron chi connectivity index (χ0n) is 20.2. The van der Waals surface area contributed by atoms with Gasteiger partial charge in [-0.15, -0.1) is 0 Å². The highest BCUT2D eigenvalue weighted by molar-refractivity contribution is 7.90. The second-order valence-corrected chi connectivity index (χ2v) is 10.8. The van der Waals surface area contributed by atoms with Gasteiger partial charge in [0.1, 0.15) is 12.3 Å². The summed E-state index contributed by atoms with van der Waals surface area (Å²) >= 11 is 12.0. The minimum absolute atomic E-state index is 0.0786. The Morgan fingerprint density at radius 2 is 1.66 bits per heavy atom. The van der Waals surface area contributed by atoms with Crippen LogP contribution >= 0.6 is 23.2 Å². The number of guanidine groups is 1. The van der Waals surface area contributed by atoms with Crippen LogP contribution in [0.25, 0.3) is 0 Å². The molecule has 0 aliphatic carbocycles. The summed E-state index contributed by atoms with van der Waals surface area (Å²) < 4.78 is 33.7. The molecule has 0 saturated heterocycles. The molecular weight excluding hydrogens is 551 g/mol. The minimum Gasteiger partial charge on any atom is -0.465 e. The normalized spacial score (nSPS) is 17.7. The van der Waals surface area contributed by atoms with E-state index in [2.05, 4.69) is 14.8 Å². The molecule has 0 bridgehead atoms. The van der Waals surface area contributed by atoms with Gasteiger partial charge in [-0.1, -0.05) is 65.7 Å². The summed E-state index contributed by atoms with van der Waals surface area (Å²) in [6.07, 6.45) is 0. The number of benzene rings is 3. The van der Waals surface area contributed by atoms with Gasteiger partial charge in [-0.3, -0.25) is 4.79 Å². The van der Waals surface area contributed by atoms with Crippen molar-refractivity contribution in [1.82, 2.24) is 9.73 Å². The summed E-state index contributed by atoms with van der Waals surface area (Å²) in [5.41, 5.74) is -0.309. The van der Waals surface area contributed by atoms with E-state index in [0.717, 1.165) is 0 Å². The number of esters is 1. The molecule has 1 unspecified atom stereocenters. The third kappa shape index (κ3) is 6.16. The van der Waals surface area contributed by atoms with Gasteiger partial charge in [-0.25, -0.2) is 23.1 Å². The van der Waals surface area contributed by atoms with Crippen molar-refractivity contribution in [3.63, 3.8) is 0 Å². The van der Waals surface area contributed by atoms with Gasteiger partial charge in [0.2, 0.25) is 5.96 Å². The number of carbonyl (C=O) groups excluding carboxylic acids is 1. The number of rotatable bonds is 7. The fraction of sp³-hybridized carbons (Fsp3) is 0.192. The highest BCUT2D eigenvalue weighted by Crippen LogP contribution is 2.33. The van der Waals surface area contributed by atoms with Gasteiger partial charge in [0.05, 0.1) is 18.0 Å². The highest BCUT2D eigenvalue weighted by Gasteiger charge is 2.45. The minimum atomic E-state index is -4.17. The van der Waals surface area contributed by atoms with Crippen LogP contribution in [0.3, 0.4) is 0 Å². The summed E-state index contributed by atoms with van der Waals surface area (Å²) in [4.78, 5) is 16.2. The van der Waals surface area contributed by atoms with Crippen molar-refractivity contribution in [3.8, 4) is 0 Å². The Bertz CT molecular complexity index is 1460. The molecule has 1 atom stereocenters. The van der Waals surface area contributed by atoms with Crippen LogP contribution in [0.15, 0.2) is 93.9 Å². The number of hydrogen-bond acceptors (Lipinski definition) is 7. The zero-order valence-corrected chi connectivity index (χ0v) is 22.5. The van der Waals surface area contributed by atoms with E-state index in [9.17, 15) is 18.3 Å². The smallest absolute Gasteiger partial charge is 0.327 e. The van der Waals surface area contributed by atoms with Crippen LogP contribution in [0.1, 0.15) is 18.1 Å². The van der Waals surface area contributed by atoms with Crippen molar-refractivity contribution in [3.05, 3.63) is 100 Å². The molecular formula is C26H24Cl2N4O5S. The Morgan fingerprint density at radius 3 is 2.26 bits per heavy atom. The average Bonchev–Trinajstić information content (AvgIpc) is 3.26. The molecule has 0 saturated carbocycles. The first-order valence-electron chi connectivity index (χ1n) is 11.5. The van der Waals surface area contributed by atoms with Crippen molar-refractivity contribution in [2.75, 3.05) is 19.7 Å². The number of halogens is 2. The maximum Gasteiger partial charge on any atom is 0.327 e. The summed E-state index contributed by atoms with van der Waals surface area (Å²) in [5, 5.41) is 18.6. The summed E-state index contributed by atoms with van der Waals surface area (Å²) in [5.74, 6) is -0.929. The maximum atomic E-state index is 13.2. The molecule has 3 aromatic carbocycles. The molecule has 4 rings (SSSR count). The first-order valence-corrected chi connectivity index (χ1v) is 13.8. The van der Waals surface area contributed by atoms with E-state index in [4.69, 9.17) is 27.9 Å². The maximum absolute atomic E-state index is 13.2. The predicted molar refractivity (Wildman–Crippen MR) is 146 cm³/mol. The third-order valence-corrected chi connectivity index (χ3v) is 7.47. The molecule has 0 aromatic heterocycles. The summed E-state index contributed by atoms with van der Waals surface area (Å²) in [6.45, 7) is 1.11. The molecule has 0 amide bonds. The Kier molecular flexibility index (Phi) is 8.37. The molecule has 198 valence electrons. The first-order chi connectivity index (χ1) is 18.1. The van der Waals surface area contributed by atoms with E-state index in [1.165, 1.54) is 29.3 Å². The van der Waals surface area contributed by atoms with E-state index in [-0.39, 0.29) is 29.7 Å². The number of hydrogen-bond donors (Lipinski definition) is 2. The van der Waals surface area contributed by atoms with Crippen LogP contribution in [-0.4, -0.2) is 55.9 Å². The van der Waals surface area contributed by atoms with Crippen molar-refractivity contribution in [2.24, 2.45) is 10.1 Å². The number of ether oxygens (including phenoxy) is 1. The summed E-state index contributed by atoms with van der Waals surface area (Å²) in [7, 11) is -4.17. The number of nitrogens with one attached hydrogen (secondary N) is 1. The van der Waals surface area contributed by atoms with Crippen molar-refractivity contribution < 1.29 is 23.1 Å². The van der Waals surface area contributed by atoms with Gasteiger partial charge in [0, 0.05) is 15.6 Å². The lowest BCUT2D eigenvalue weighted by Gasteiger charge is -2.26. The number of hydrazone groups is 1. The topological polar surface area (TPSA) is 121 Å². The van der Waals surface area contributed by atoms with Gasteiger partial charge in [0.25, 0.3) is 10.0 Å². The quantitative estimate of drug-likeness (QED) is 0.251. The van der Waals surface area contributed by atoms with E-state index in [0.29, 0.717) is 21.2 Å². The Labute approximate surface area is 230 Å². The van der Waals surface area contributed by atoms with Crippen LogP contribution in [0.2, 0.25) is 10.0 Å². The van der Waals surface area contributed by atoms with Gasteiger partial charge in [-0.05, 0) is 48.9 Å². The van der Waals surface area contributed by atoms with Gasteiger partial charge in [-0.2, -0.15) is 5.10 Å². The SMILES string of the molecule is CCOC(=O)CN=C(NS(=O)(=O)c1ccc(Cl)cc1)N1CC(O)(c2ccccc2)C(c2ccc(Cl)cc2)=N1. The third-order valence-electron chi connectivity index (χ3n) is 5.62. The number of carbonyl (C=O) groups is 1. The van der Waals surface area contributed by atoms with Crippen molar-refractivity contribution >= 4 is 50.9 Å². The standard InChI is InChI=1S/C26H24Cl2N4O5S/c1-2-37-23(33)16-29-25(31-38(35,36)22-14-12-21(28)13-15-22)32-17-26(34,19-6-4-3-5-7-19)24(30-32)18-8-10-20(27)11-9-18/h3-15,34H,2,16-17H2,1H3,(H,29,31). The number of sulfonamides is 1. The van der Waals surface area contributed by atoms with Crippen molar-refractivity contribution in [1.29, 1.82) is 0 Å². The number of nitrogens with zero attached hydrogens (tertiary/aromatic N) is 3. The van der Waals surface area contributed by atoms with Gasteiger partial charge in [0.15, 0.2) is 5.60 Å². The molecule has 1 heterocycles. The summed E-state index contributed by atoms with van der Waals surface area (Å²) in [6, 6.07) is 21.1. The number of aliphatic hydroxyl groups is 1. The number of β-amino-alcohol motifs (C(OH)–C–C–N with tert-alkyl or cyclic N) is 1. The molecule has 0 spiro atoms. The van der Waals surface area contributed by atoms with Gasteiger partial charge < -0.3 is 9.84 Å². The number of aliphatic imine (C=N–C) groups is 1. The first kappa shape index (κ1) is 27.6. The molecule has 9 nitrogen and oxygen atoms in total. The van der Waals surface area contributed by atoms with Crippen molar-refractivity contribution in [2.45, 2.75) is 17.4 Å². The van der Waals surface area contributed by atoms with E-state index < -0.39 is 28.1 Å². The van der Waals surface area contributed by atoms with Crippen LogP contribution in [0.5, 0.6) is 0 Å². The fourth-order valence-corrected chi connectivity index (χ4v) is 5.08. The van der Waals surface area contributed by atoms with Gasteiger partial charge >= 0.3 is 5.97 Å². The highest BCUT2D eigenvalue weighted by atomic mass is 35.5. The fourth-order valence-electron chi connectivity index (χ4n) is 3.80. The molecule has 0 radical (unpaired) electrons. The predicted octanol–water partition coefficient (Wildman–Crippen LogP) is 3.80. The molecule has 38 heavy (non-hydrogen) atoms. The van der Waals surface area contributed by atoms with Crippen LogP contribution in [-0.2, 0) is 25.2 Å². The van der Waals surface area contributed by atoms with E-state index >= 15 is 0 Å². The van der Waals surface area contributed by atoms with E-state index in [1.54, 1.807) is 55.5 Å².